The maximum absolute atomic E-state index is 12.0. The molecule has 1 amide bonds. The number of carbonyl (C=O) groups is 1. The number of nitrogens with two attached hydrogens (primary N) is 1. The van der Waals surface area contributed by atoms with Crippen LogP contribution in [0.2, 0.25) is 0 Å². The number of carbonyl (C=O) groups excluding carboxylic acids is 1. The number of hydrazine groups is 1. The molecule has 6 heteroatoms. The lowest BCUT2D eigenvalue weighted by atomic mass is 10.1. The van der Waals surface area contributed by atoms with Crippen LogP contribution in [0.15, 0.2) is 12.4 Å². The fourth-order valence-electron chi connectivity index (χ4n) is 2.20. The zero-order valence-electron chi connectivity index (χ0n) is 10.4. The highest BCUT2D eigenvalue weighted by Gasteiger charge is 2.16. The number of hydrogen-bond acceptors (Lipinski definition) is 5. The van der Waals surface area contributed by atoms with Crippen molar-refractivity contribution < 1.29 is 4.79 Å². The quantitative estimate of drug-likeness (QED) is 0.425. The molecule has 1 fully saturated rings. The Morgan fingerprint density at radius 3 is 2.44 bits per heavy atom. The molecule has 0 aromatic carbocycles. The van der Waals surface area contributed by atoms with Gasteiger partial charge < -0.3 is 10.7 Å². The summed E-state index contributed by atoms with van der Waals surface area (Å²) in [4.78, 5) is 20.0. The van der Waals surface area contributed by atoms with Crippen molar-refractivity contribution in [3.8, 4) is 0 Å². The molecule has 0 saturated heterocycles. The van der Waals surface area contributed by atoms with Crippen LogP contribution in [-0.2, 0) is 0 Å². The minimum Gasteiger partial charge on any atom is -0.348 e. The van der Waals surface area contributed by atoms with Crippen molar-refractivity contribution in [3.63, 3.8) is 0 Å². The van der Waals surface area contributed by atoms with E-state index in [1.165, 1.54) is 38.1 Å². The minimum atomic E-state index is -0.155. The topological polar surface area (TPSA) is 92.9 Å². The van der Waals surface area contributed by atoms with Gasteiger partial charge in [-0.25, -0.2) is 15.8 Å². The Morgan fingerprint density at radius 1 is 1.17 bits per heavy atom. The third-order valence-corrected chi connectivity index (χ3v) is 3.22. The molecule has 0 radical (unpaired) electrons. The zero-order valence-corrected chi connectivity index (χ0v) is 10.4. The summed E-state index contributed by atoms with van der Waals surface area (Å²) in [5, 5.41) is 3.02. The van der Waals surface area contributed by atoms with Gasteiger partial charge in [0.05, 0.1) is 12.4 Å². The van der Waals surface area contributed by atoms with Crippen molar-refractivity contribution in [1.82, 2.24) is 15.3 Å². The van der Waals surface area contributed by atoms with Gasteiger partial charge in [-0.15, -0.1) is 0 Å². The minimum absolute atomic E-state index is 0.155. The second kappa shape index (κ2) is 6.30. The van der Waals surface area contributed by atoms with Crippen LogP contribution in [0.1, 0.15) is 49.0 Å². The van der Waals surface area contributed by atoms with Crippen LogP contribution in [-0.4, -0.2) is 21.9 Å². The van der Waals surface area contributed by atoms with E-state index >= 15 is 0 Å². The molecule has 1 aliphatic carbocycles. The van der Waals surface area contributed by atoms with Crippen LogP contribution in [0.3, 0.4) is 0 Å². The van der Waals surface area contributed by atoms with E-state index in [2.05, 4.69) is 20.7 Å². The number of nitrogens with zero attached hydrogens (tertiary/aromatic N) is 2. The molecule has 0 unspecified atom stereocenters. The summed E-state index contributed by atoms with van der Waals surface area (Å²) in [6, 6.07) is 0.272. The molecule has 0 bridgehead atoms. The van der Waals surface area contributed by atoms with Gasteiger partial charge in [-0.2, -0.15) is 0 Å². The predicted molar refractivity (Wildman–Crippen MR) is 68.8 cm³/mol. The number of nitrogens with one attached hydrogen (secondary N) is 2. The van der Waals surface area contributed by atoms with Crippen molar-refractivity contribution in [2.45, 2.75) is 44.6 Å². The highest BCUT2D eigenvalue weighted by Crippen LogP contribution is 2.17. The molecule has 0 spiro atoms. The van der Waals surface area contributed by atoms with E-state index in [0.717, 1.165) is 12.8 Å². The van der Waals surface area contributed by atoms with Crippen molar-refractivity contribution in [1.29, 1.82) is 0 Å². The number of rotatable bonds is 3. The normalized spacial score (nSPS) is 16.9. The molecule has 98 valence electrons. The molecule has 1 saturated carbocycles. The summed E-state index contributed by atoms with van der Waals surface area (Å²) in [6.45, 7) is 0. The molecular weight excluding hydrogens is 230 g/mol. The first-order chi connectivity index (χ1) is 8.79. The average molecular weight is 249 g/mol. The lowest BCUT2D eigenvalue weighted by Gasteiger charge is -2.15. The zero-order chi connectivity index (χ0) is 12.8. The average Bonchev–Trinajstić information content (AvgIpc) is 2.67. The van der Waals surface area contributed by atoms with E-state index in [9.17, 15) is 4.79 Å². The van der Waals surface area contributed by atoms with Gasteiger partial charge in [0, 0.05) is 6.04 Å². The van der Waals surface area contributed by atoms with Gasteiger partial charge >= 0.3 is 0 Å². The van der Waals surface area contributed by atoms with Gasteiger partial charge in [0.15, 0.2) is 5.82 Å². The number of hydrogen-bond donors (Lipinski definition) is 3. The standard InChI is InChI=1S/C12H19N5O/c13-17-11-8-14-10(7-15-11)12(18)16-9-5-3-1-2-4-6-9/h7-9H,1-6,13H2,(H,15,17)(H,16,18). The highest BCUT2D eigenvalue weighted by atomic mass is 16.1. The molecule has 0 atom stereocenters. The Labute approximate surface area is 106 Å². The molecule has 1 aromatic heterocycles. The van der Waals surface area contributed by atoms with Crippen LogP contribution >= 0.6 is 0 Å². The van der Waals surface area contributed by atoms with Gasteiger partial charge in [0.25, 0.3) is 5.91 Å². The third-order valence-electron chi connectivity index (χ3n) is 3.22. The molecule has 18 heavy (non-hydrogen) atoms. The lowest BCUT2D eigenvalue weighted by molar-refractivity contribution is 0.0928. The van der Waals surface area contributed by atoms with E-state index in [1.54, 1.807) is 0 Å². The van der Waals surface area contributed by atoms with Crippen molar-refractivity contribution in [2.24, 2.45) is 5.84 Å². The Balaban J connectivity index is 1.93. The molecule has 2 rings (SSSR count). The second-order valence-corrected chi connectivity index (χ2v) is 4.59. The van der Waals surface area contributed by atoms with Gasteiger partial charge in [0.1, 0.15) is 5.69 Å². The van der Waals surface area contributed by atoms with Crippen LogP contribution in [0, 0.1) is 0 Å². The van der Waals surface area contributed by atoms with Gasteiger partial charge in [0.2, 0.25) is 0 Å². The maximum Gasteiger partial charge on any atom is 0.271 e. The molecule has 4 N–H and O–H groups in total. The summed E-state index contributed by atoms with van der Waals surface area (Å²) in [6.07, 6.45) is 9.90. The molecule has 6 nitrogen and oxygen atoms in total. The van der Waals surface area contributed by atoms with Gasteiger partial charge in [-0.05, 0) is 12.8 Å². The lowest BCUT2D eigenvalue weighted by Crippen LogP contribution is -2.35. The highest BCUT2D eigenvalue weighted by molar-refractivity contribution is 5.92. The summed E-state index contributed by atoms with van der Waals surface area (Å²) in [5.41, 5.74) is 2.71. The first-order valence-corrected chi connectivity index (χ1v) is 6.39. The fourth-order valence-corrected chi connectivity index (χ4v) is 2.20. The maximum atomic E-state index is 12.0. The number of amides is 1. The van der Waals surface area contributed by atoms with E-state index in [1.807, 2.05) is 0 Å². The summed E-state index contributed by atoms with van der Waals surface area (Å²) < 4.78 is 0. The molecule has 1 aromatic rings. The molecule has 0 aliphatic heterocycles. The van der Waals surface area contributed by atoms with Crippen molar-refractivity contribution in [3.05, 3.63) is 18.1 Å². The Morgan fingerprint density at radius 2 is 1.89 bits per heavy atom. The van der Waals surface area contributed by atoms with Gasteiger partial charge in [-0.1, -0.05) is 25.7 Å². The third kappa shape index (κ3) is 3.40. The monoisotopic (exact) mass is 249 g/mol. The van der Waals surface area contributed by atoms with Crippen LogP contribution < -0.4 is 16.6 Å². The summed E-state index contributed by atoms with van der Waals surface area (Å²) >= 11 is 0. The first-order valence-electron chi connectivity index (χ1n) is 6.39. The number of nitrogen functional groups attached to an aromatic ring is 1. The van der Waals surface area contributed by atoms with E-state index in [0.29, 0.717) is 11.5 Å². The largest absolute Gasteiger partial charge is 0.348 e. The van der Waals surface area contributed by atoms with Crippen LogP contribution in [0.4, 0.5) is 5.82 Å². The number of aromatic nitrogens is 2. The van der Waals surface area contributed by atoms with E-state index < -0.39 is 0 Å². The fraction of sp³-hybridized carbons (Fsp3) is 0.583. The smallest absolute Gasteiger partial charge is 0.271 e. The van der Waals surface area contributed by atoms with Crippen LogP contribution in [0.25, 0.3) is 0 Å². The number of anilines is 1. The van der Waals surface area contributed by atoms with Crippen molar-refractivity contribution >= 4 is 11.7 Å². The first kappa shape index (κ1) is 12.8. The second-order valence-electron chi connectivity index (χ2n) is 4.59. The predicted octanol–water partition coefficient (Wildman–Crippen LogP) is 1.21. The molecule has 1 aliphatic rings. The van der Waals surface area contributed by atoms with E-state index in [-0.39, 0.29) is 11.9 Å². The Bertz CT molecular complexity index is 384. The van der Waals surface area contributed by atoms with Crippen LogP contribution in [0.5, 0.6) is 0 Å². The van der Waals surface area contributed by atoms with Gasteiger partial charge in [-0.3, -0.25) is 4.79 Å². The van der Waals surface area contributed by atoms with E-state index in [4.69, 9.17) is 5.84 Å². The Kier molecular flexibility index (Phi) is 4.46. The molecular formula is C12H19N5O. The summed E-state index contributed by atoms with van der Waals surface area (Å²) in [5.74, 6) is 5.48. The van der Waals surface area contributed by atoms with Crippen molar-refractivity contribution in [2.75, 3.05) is 5.43 Å². The molecule has 1 heterocycles. The summed E-state index contributed by atoms with van der Waals surface area (Å²) in [7, 11) is 0. The Hall–Kier alpha value is -1.69. The SMILES string of the molecule is NNc1cnc(C(=O)NC2CCCCCC2)cn1.